The van der Waals surface area contributed by atoms with Crippen LogP contribution in [0.15, 0.2) is 48.5 Å². The van der Waals surface area contributed by atoms with Gasteiger partial charge in [0.15, 0.2) is 11.9 Å². The van der Waals surface area contributed by atoms with Crippen LogP contribution >= 0.6 is 0 Å². The number of aromatic nitrogens is 2. The molecule has 3 heterocycles. The van der Waals surface area contributed by atoms with E-state index >= 15 is 0 Å². The Morgan fingerprint density at radius 1 is 1.03 bits per heavy atom. The minimum Gasteiger partial charge on any atom is -0.481 e. The molecule has 3 aromatic rings. The molecule has 1 aromatic carbocycles. The van der Waals surface area contributed by atoms with Crippen molar-refractivity contribution in [2.24, 2.45) is 0 Å². The minimum absolute atomic E-state index is 0.00328. The Kier molecular flexibility index (Phi) is 5.68. The van der Waals surface area contributed by atoms with Crippen molar-refractivity contribution in [1.29, 1.82) is 0 Å². The van der Waals surface area contributed by atoms with Crippen molar-refractivity contribution < 1.29 is 19.2 Å². The first-order chi connectivity index (χ1) is 16.1. The second-order valence-corrected chi connectivity index (χ2v) is 8.43. The minimum atomic E-state index is -0.796. The number of hydrogen-bond donors (Lipinski definition) is 0. The molecule has 0 saturated heterocycles. The van der Waals surface area contributed by atoms with Crippen LogP contribution in [0.3, 0.4) is 0 Å². The summed E-state index contributed by atoms with van der Waals surface area (Å²) in [6.07, 6.45) is 4.26. The summed E-state index contributed by atoms with van der Waals surface area (Å²) in [5.41, 5.74) is 1.71. The molecule has 8 heteroatoms. The van der Waals surface area contributed by atoms with Gasteiger partial charge in [0.05, 0.1) is 13.2 Å². The Balaban J connectivity index is 1.56. The third-order valence-electron chi connectivity index (χ3n) is 6.31. The smallest absolute Gasteiger partial charge is 0.262 e. The van der Waals surface area contributed by atoms with Crippen LogP contribution in [0, 0.1) is 0 Å². The van der Waals surface area contributed by atoms with Crippen LogP contribution in [0.1, 0.15) is 61.2 Å². The van der Waals surface area contributed by atoms with Gasteiger partial charge in [0.2, 0.25) is 11.8 Å². The molecule has 0 spiro atoms. The van der Waals surface area contributed by atoms with Gasteiger partial charge in [-0.25, -0.2) is 14.9 Å². The molecular formula is C25H26N4O4. The number of anilines is 1. The highest BCUT2D eigenvalue weighted by Gasteiger charge is 2.42. The van der Waals surface area contributed by atoms with Crippen LogP contribution in [0.25, 0.3) is 11.0 Å². The molecule has 0 radical (unpaired) electrons. The Morgan fingerprint density at radius 3 is 2.55 bits per heavy atom. The first-order valence-electron chi connectivity index (χ1n) is 11.3. The van der Waals surface area contributed by atoms with E-state index in [1.165, 1.54) is 16.9 Å². The summed E-state index contributed by atoms with van der Waals surface area (Å²) in [5.74, 6) is 0.451. The van der Waals surface area contributed by atoms with E-state index in [0.717, 1.165) is 37.5 Å². The van der Waals surface area contributed by atoms with E-state index < -0.39 is 6.23 Å². The molecule has 5 rings (SSSR count). The fraction of sp³-hybridized carbons (Fsp3) is 0.360. The molecule has 170 valence electrons. The number of fused-ring (bicyclic) bond motifs is 2. The zero-order chi connectivity index (χ0) is 22.9. The van der Waals surface area contributed by atoms with Gasteiger partial charge in [-0.05, 0) is 37.1 Å². The van der Waals surface area contributed by atoms with E-state index in [1.807, 2.05) is 30.3 Å². The number of pyridine rings is 2. The maximum absolute atomic E-state index is 13.5. The van der Waals surface area contributed by atoms with Gasteiger partial charge in [0.1, 0.15) is 5.82 Å². The molecule has 0 N–H and O–H groups in total. The third kappa shape index (κ3) is 3.91. The molecule has 2 aliphatic rings. The zero-order valence-corrected chi connectivity index (χ0v) is 18.7. The lowest BCUT2D eigenvalue weighted by atomic mass is 9.95. The van der Waals surface area contributed by atoms with Gasteiger partial charge in [0, 0.05) is 29.5 Å². The summed E-state index contributed by atoms with van der Waals surface area (Å²) in [7, 11) is 1.55. The van der Waals surface area contributed by atoms with Crippen LogP contribution in [0.5, 0.6) is 5.88 Å². The van der Waals surface area contributed by atoms with Gasteiger partial charge in [-0.2, -0.15) is 4.98 Å². The highest BCUT2D eigenvalue weighted by molar-refractivity contribution is 6.10. The van der Waals surface area contributed by atoms with Crippen molar-refractivity contribution in [2.75, 3.05) is 12.0 Å². The molecular weight excluding hydrogens is 420 g/mol. The lowest BCUT2D eigenvalue weighted by molar-refractivity contribution is -0.223. The predicted molar refractivity (Wildman–Crippen MR) is 123 cm³/mol. The zero-order valence-electron chi connectivity index (χ0n) is 18.7. The number of rotatable bonds is 5. The molecule has 1 fully saturated rings. The van der Waals surface area contributed by atoms with Gasteiger partial charge in [-0.15, -0.1) is 0 Å². The van der Waals surface area contributed by atoms with E-state index in [9.17, 15) is 9.59 Å². The summed E-state index contributed by atoms with van der Waals surface area (Å²) < 4.78 is 5.23. The molecule has 1 atom stereocenters. The van der Waals surface area contributed by atoms with Gasteiger partial charge < -0.3 is 4.74 Å². The maximum Gasteiger partial charge on any atom is 0.262 e. The van der Waals surface area contributed by atoms with Gasteiger partial charge >= 0.3 is 0 Å². The average Bonchev–Trinajstić information content (AvgIpc) is 3.13. The van der Waals surface area contributed by atoms with Crippen LogP contribution in [0.4, 0.5) is 5.82 Å². The summed E-state index contributed by atoms with van der Waals surface area (Å²) in [4.78, 5) is 42.9. The Labute approximate surface area is 192 Å². The van der Waals surface area contributed by atoms with Crippen molar-refractivity contribution in [3.63, 3.8) is 0 Å². The molecule has 2 amide bonds. The number of benzene rings is 1. The summed E-state index contributed by atoms with van der Waals surface area (Å²) in [5, 5.41) is 2.29. The first-order valence-corrected chi connectivity index (χ1v) is 11.3. The van der Waals surface area contributed by atoms with Crippen LogP contribution in [-0.4, -0.2) is 40.0 Å². The molecule has 1 aliphatic heterocycles. The SMILES string of the molecule is COc1ccc2ccc(N3C(=O)c4ccccc4C3ON(C(C)=O)C3CCCCC3)nc2n1. The molecule has 1 saturated carbocycles. The molecule has 0 bridgehead atoms. The normalized spacial score (nSPS) is 18.4. The fourth-order valence-electron chi connectivity index (χ4n) is 4.67. The van der Waals surface area contributed by atoms with E-state index in [4.69, 9.17) is 9.57 Å². The van der Waals surface area contributed by atoms with Crippen molar-refractivity contribution in [2.45, 2.75) is 51.3 Å². The Bertz CT molecular complexity index is 1210. The maximum atomic E-state index is 13.5. The number of carbonyl (C=O) groups is 2. The average molecular weight is 447 g/mol. The van der Waals surface area contributed by atoms with Crippen molar-refractivity contribution in [1.82, 2.24) is 15.0 Å². The standard InChI is InChI=1S/C25H26N4O4/c1-16(30)29(18-8-4-3-5-9-18)33-25-20-11-7-6-10-19(20)24(31)28(25)21-14-12-17-13-15-22(32-2)27-23(17)26-21/h6-7,10-15,18,25H,3-5,8-9H2,1-2H3. The van der Waals surface area contributed by atoms with E-state index in [2.05, 4.69) is 9.97 Å². The second kappa shape index (κ2) is 8.78. The highest BCUT2D eigenvalue weighted by atomic mass is 16.7. The fourth-order valence-corrected chi connectivity index (χ4v) is 4.67. The molecule has 1 aliphatic carbocycles. The van der Waals surface area contributed by atoms with Gasteiger partial charge in [0.25, 0.3) is 5.91 Å². The topological polar surface area (TPSA) is 84.9 Å². The Morgan fingerprint density at radius 2 is 1.79 bits per heavy atom. The molecule has 1 unspecified atom stereocenters. The van der Waals surface area contributed by atoms with E-state index in [-0.39, 0.29) is 17.9 Å². The largest absolute Gasteiger partial charge is 0.481 e. The summed E-state index contributed by atoms with van der Waals surface area (Å²) in [6, 6.07) is 14.6. The number of amides is 2. The quantitative estimate of drug-likeness (QED) is 0.540. The molecule has 8 nitrogen and oxygen atoms in total. The number of hydroxylamine groups is 2. The number of ether oxygens (including phenoxy) is 1. The van der Waals surface area contributed by atoms with Crippen LogP contribution in [0.2, 0.25) is 0 Å². The number of methoxy groups -OCH3 is 1. The molecule has 2 aromatic heterocycles. The predicted octanol–water partition coefficient (Wildman–Crippen LogP) is 4.41. The van der Waals surface area contributed by atoms with E-state index in [1.54, 1.807) is 25.3 Å². The molecule has 33 heavy (non-hydrogen) atoms. The van der Waals surface area contributed by atoms with Crippen molar-refractivity contribution >= 4 is 28.7 Å². The lowest BCUT2D eigenvalue weighted by Crippen LogP contribution is -2.44. The number of hydrogen-bond acceptors (Lipinski definition) is 6. The van der Waals surface area contributed by atoms with Crippen molar-refractivity contribution in [3.05, 3.63) is 59.7 Å². The second-order valence-electron chi connectivity index (χ2n) is 8.43. The monoisotopic (exact) mass is 446 g/mol. The first kappa shape index (κ1) is 21.3. The van der Waals surface area contributed by atoms with Gasteiger partial charge in [-0.3, -0.25) is 14.5 Å². The van der Waals surface area contributed by atoms with Crippen LogP contribution < -0.4 is 9.64 Å². The van der Waals surface area contributed by atoms with Crippen molar-refractivity contribution in [3.8, 4) is 5.88 Å². The summed E-state index contributed by atoms with van der Waals surface area (Å²) >= 11 is 0. The number of carbonyl (C=O) groups excluding carboxylic acids is 2. The number of nitrogens with zero attached hydrogens (tertiary/aromatic N) is 4. The Hall–Kier alpha value is -3.52. The summed E-state index contributed by atoms with van der Waals surface area (Å²) in [6.45, 7) is 1.51. The van der Waals surface area contributed by atoms with E-state index in [0.29, 0.717) is 28.5 Å². The van der Waals surface area contributed by atoms with Gasteiger partial charge in [-0.1, -0.05) is 37.5 Å². The highest BCUT2D eigenvalue weighted by Crippen LogP contribution is 2.39. The third-order valence-corrected chi connectivity index (χ3v) is 6.31. The lowest BCUT2D eigenvalue weighted by Gasteiger charge is -2.36. The van der Waals surface area contributed by atoms with Crippen LogP contribution in [-0.2, 0) is 9.63 Å².